The van der Waals surface area contributed by atoms with Gasteiger partial charge in [0.25, 0.3) is 5.69 Å². The Kier molecular flexibility index (Phi) is 5.45. The topological polar surface area (TPSA) is 92.5 Å². The number of hydrogen-bond acceptors (Lipinski definition) is 5. The van der Waals surface area contributed by atoms with E-state index in [0.717, 1.165) is 16.3 Å². The third kappa shape index (κ3) is 4.45. The molecule has 2 aromatic carbocycles. The van der Waals surface area contributed by atoms with Gasteiger partial charge in [-0.3, -0.25) is 14.4 Å². The molecule has 7 nitrogen and oxygen atoms in total. The smallest absolute Gasteiger partial charge is 0.292 e. The predicted octanol–water partition coefficient (Wildman–Crippen LogP) is 3.37. The Bertz CT molecular complexity index is 854. The summed E-state index contributed by atoms with van der Waals surface area (Å²) in [6, 6.07) is 11.6. The normalized spacial score (nSPS) is 11.1. The molecule has 0 aliphatic rings. The zero-order valence-corrected chi connectivity index (χ0v) is 15.5. The van der Waals surface area contributed by atoms with Crippen molar-refractivity contribution in [1.82, 2.24) is 0 Å². The molecule has 2 rings (SSSR count). The van der Waals surface area contributed by atoms with Gasteiger partial charge in [0.1, 0.15) is 5.69 Å². The van der Waals surface area contributed by atoms with Crippen LogP contribution in [0.5, 0.6) is 0 Å². The molecule has 0 fully saturated rings. The van der Waals surface area contributed by atoms with Crippen molar-refractivity contribution in [1.29, 1.82) is 0 Å². The van der Waals surface area contributed by atoms with Crippen LogP contribution in [0.4, 0.5) is 17.1 Å². The monoisotopic (exact) mass is 413 g/mol. The third-order valence-corrected chi connectivity index (χ3v) is 5.13. The van der Waals surface area contributed by atoms with E-state index in [1.807, 2.05) is 0 Å². The van der Waals surface area contributed by atoms with Gasteiger partial charge in [0, 0.05) is 24.1 Å². The van der Waals surface area contributed by atoms with Gasteiger partial charge in [-0.25, -0.2) is 8.42 Å². The van der Waals surface area contributed by atoms with Crippen molar-refractivity contribution in [2.24, 2.45) is 0 Å². The molecule has 0 amide bonds. The van der Waals surface area contributed by atoms with E-state index >= 15 is 0 Å². The second-order valence-corrected chi connectivity index (χ2v) is 8.10. The molecule has 2 aromatic rings. The highest BCUT2D eigenvalue weighted by Gasteiger charge is 2.14. The first kappa shape index (κ1) is 18.2. The van der Waals surface area contributed by atoms with Crippen LogP contribution in [0.3, 0.4) is 0 Å². The second kappa shape index (κ2) is 7.18. The SMILES string of the molecule is CN(c1ccc(CNc2cc(Br)ccc2[N+](=O)[O-])cc1)S(C)(=O)=O. The lowest BCUT2D eigenvalue weighted by molar-refractivity contribution is -0.384. The lowest BCUT2D eigenvalue weighted by atomic mass is 10.2. The molecule has 9 heteroatoms. The highest BCUT2D eigenvalue weighted by Crippen LogP contribution is 2.28. The minimum atomic E-state index is -3.31. The molecule has 0 bridgehead atoms. The van der Waals surface area contributed by atoms with Crippen LogP contribution >= 0.6 is 15.9 Å². The Labute approximate surface area is 148 Å². The van der Waals surface area contributed by atoms with E-state index in [1.165, 1.54) is 17.4 Å². The van der Waals surface area contributed by atoms with Crippen LogP contribution in [0.25, 0.3) is 0 Å². The Morgan fingerprint density at radius 3 is 2.38 bits per heavy atom. The van der Waals surface area contributed by atoms with Gasteiger partial charge >= 0.3 is 0 Å². The van der Waals surface area contributed by atoms with E-state index in [0.29, 0.717) is 17.9 Å². The van der Waals surface area contributed by atoms with E-state index in [9.17, 15) is 18.5 Å². The van der Waals surface area contributed by atoms with Crippen molar-refractivity contribution >= 4 is 43.0 Å². The summed E-state index contributed by atoms with van der Waals surface area (Å²) in [4.78, 5) is 10.6. The summed E-state index contributed by atoms with van der Waals surface area (Å²) in [5.74, 6) is 0. The van der Waals surface area contributed by atoms with Gasteiger partial charge in [-0.1, -0.05) is 28.1 Å². The van der Waals surface area contributed by atoms with Crippen LogP contribution in [-0.2, 0) is 16.6 Å². The lowest BCUT2D eigenvalue weighted by Crippen LogP contribution is -2.24. The van der Waals surface area contributed by atoms with E-state index in [-0.39, 0.29) is 5.69 Å². The van der Waals surface area contributed by atoms with Gasteiger partial charge in [0.05, 0.1) is 16.9 Å². The number of sulfonamides is 1. The fraction of sp³-hybridized carbons (Fsp3) is 0.200. The van der Waals surface area contributed by atoms with Gasteiger partial charge in [0.2, 0.25) is 10.0 Å². The maximum absolute atomic E-state index is 11.5. The van der Waals surface area contributed by atoms with Gasteiger partial charge in [-0.2, -0.15) is 0 Å². The number of nitrogens with one attached hydrogen (secondary N) is 1. The minimum Gasteiger partial charge on any atom is -0.375 e. The van der Waals surface area contributed by atoms with Crippen LogP contribution in [0.1, 0.15) is 5.56 Å². The van der Waals surface area contributed by atoms with Gasteiger partial charge in [-0.05, 0) is 29.8 Å². The summed E-state index contributed by atoms with van der Waals surface area (Å²) in [5.41, 5.74) is 1.82. The zero-order chi connectivity index (χ0) is 17.9. The van der Waals surface area contributed by atoms with Crippen LogP contribution in [0, 0.1) is 10.1 Å². The van der Waals surface area contributed by atoms with E-state index in [2.05, 4.69) is 21.2 Å². The second-order valence-electron chi connectivity index (χ2n) is 5.17. The molecule has 0 radical (unpaired) electrons. The summed E-state index contributed by atoms with van der Waals surface area (Å²) >= 11 is 3.29. The highest BCUT2D eigenvalue weighted by molar-refractivity contribution is 9.10. The molecular weight excluding hydrogens is 398 g/mol. The van der Waals surface area contributed by atoms with Crippen LogP contribution in [0.2, 0.25) is 0 Å². The summed E-state index contributed by atoms with van der Waals surface area (Å²) < 4.78 is 24.9. The Balaban J connectivity index is 2.14. The molecule has 0 aliphatic carbocycles. The molecule has 0 spiro atoms. The Morgan fingerprint density at radius 1 is 1.21 bits per heavy atom. The summed E-state index contributed by atoms with van der Waals surface area (Å²) in [6.07, 6.45) is 1.13. The van der Waals surface area contributed by atoms with E-state index in [4.69, 9.17) is 0 Å². The quantitative estimate of drug-likeness (QED) is 0.578. The minimum absolute atomic E-state index is 0.00775. The summed E-state index contributed by atoms with van der Waals surface area (Å²) in [6.45, 7) is 0.375. The summed E-state index contributed by atoms with van der Waals surface area (Å²) in [7, 11) is -1.83. The number of nitro groups is 1. The maximum Gasteiger partial charge on any atom is 0.292 e. The molecule has 0 aromatic heterocycles. The molecule has 0 atom stereocenters. The largest absolute Gasteiger partial charge is 0.375 e. The van der Waals surface area contributed by atoms with Crippen molar-refractivity contribution in [3.8, 4) is 0 Å². The number of nitro benzene ring substituents is 1. The average molecular weight is 414 g/mol. The first-order chi connectivity index (χ1) is 11.2. The average Bonchev–Trinajstić information content (AvgIpc) is 2.51. The molecule has 0 heterocycles. The van der Waals surface area contributed by atoms with Crippen molar-refractivity contribution in [3.05, 3.63) is 62.6 Å². The fourth-order valence-electron chi connectivity index (χ4n) is 2.02. The predicted molar refractivity (Wildman–Crippen MR) is 97.8 cm³/mol. The van der Waals surface area contributed by atoms with Crippen molar-refractivity contribution in [3.63, 3.8) is 0 Å². The van der Waals surface area contributed by atoms with Crippen LogP contribution < -0.4 is 9.62 Å². The Hall–Kier alpha value is -2.13. The molecule has 0 saturated heterocycles. The number of anilines is 2. The molecular formula is C15H16BrN3O4S. The molecule has 0 saturated carbocycles. The Morgan fingerprint density at radius 2 is 1.83 bits per heavy atom. The number of hydrogen-bond donors (Lipinski definition) is 1. The van der Waals surface area contributed by atoms with Gasteiger partial charge in [0.15, 0.2) is 0 Å². The lowest BCUT2D eigenvalue weighted by Gasteiger charge is -2.17. The molecule has 128 valence electrons. The van der Waals surface area contributed by atoms with Crippen molar-refractivity contribution < 1.29 is 13.3 Å². The number of benzene rings is 2. The van der Waals surface area contributed by atoms with Crippen LogP contribution in [-0.4, -0.2) is 26.6 Å². The number of nitrogens with zero attached hydrogens (tertiary/aromatic N) is 2. The van der Waals surface area contributed by atoms with Crippen molar-refractivity contribution in [2.45, 2.75) is 6.54 Å². The highest BCUT2D eigenvalue weighted by atomic mass is 79.9. The third-order valence-electron chi connectivity index (χ3n) is 3.44. The molecule has 24 heavy (non-hydrogen) atoms. The van der Waals surface area contributed by atoms with Crippen molar-refractivity contribution in [2.75, 3.05) is 22.9 Å². The number of halogens is 1. The molecule has 0 aliphatic heterocycles. The van der Waals surface area contributed by atoms with Gasteiger partial charge < -0.3 is 5.32 Å². The number of rotatable bonds is 6. The zero-order valence-electron chi connectivity index (χ0n) is 13.1. The standard InChI is InChI=1S/C15H16BrN3O4S/c1-18(24(2,22)23)13-6-3-11(4-7-13)10-17-14-9-12(16)5-8-15(14)19(20)21/h3-9,17H,10H2,1-2H3. The van der Waals surface area contributed by atoms with E-state index < -0.39 is 14.9 Å². The maximum atomic E-state index is 11.5. The molecule has 1 N–H and O–H groups in total. The fourth-order valence-corrected chi connectivity index (χ4v) is 2.89. The first-order valence-corrected chi connectivity index (χ1v) is 9.53. The molecule has 0 unspecified atom stereocenters. The summed E-state index contributed by atoms with van der Waals surface area (Å²) in [5, 5.41) is 14.1. The first-order valence-electron chi connectivity index (χ1n) is 6.89. The van der Waals surface area contributed by atoms with Crippen LogP contribution in [0.15, 0.2) is 46.9 Å². The van der Waals surface area contributed by atoms with Gasteiger partial charge in [-0.15, -0.1) is 0 Å². The van der Waals surface area contributed by atoms with E-state index in [1.54, 1.807) is 36.4 Å².